The molecular formula is C14H11FN2O. The number of nitrogens with zero attached hydrogens (tertiary/aromatic N) is 1. The van der Waals surface area contributed by atoms with Crippen molar-refractivity contribution in [2.24, 2.45) is 0 Å². The van der Waals surface area contributed by atoms with Crippen LogP contribution in [0.25, 0.3) is 16.7 Å². The van der Waals surface area contributed by atoms with E-state index < -0.39 is 0 Å². The van der Waals surface area contributed by atoms with Gasteiger partial charge < -0.3 is 4.98 Å². The molecule has 0 amide bonds. The molecule has 0 spiro atoms. The van der Waals surface area contributed by atoms with Crippen LogP contribution in [0.2, 0.25) is 0 Å². The van der Waals surface area contributed by atoms with E-state index >= 15 is 0 Å². The Labute approximate surface area is 103 Å². The molecule has 90 valence electrons. The van der Waals surface area contributed by atoms with Crippen molar-refractivity contribution in [1.29, 1.82) is 0 Å². The Morgan fingerprint density at radius 1 is 1.11 bits per heavy atom. The van der Waals surface area contributed by atoms with Gasteiger partial charge in [-0.3, -0.25) is 4.57 Å². The van der Waals surface area contributed by atoms with Gasteiger partial charge in [0.05, 0.1) is 16.7 Å². The van der Waals surface area contributed by atoms with E-state index in [0.29, 0.717) is 11.0 Å². The van der Waals surface area contributed by atoms with E-state index in [1.54, 1.807) is 6.07 Å². The average molecular weight is 242 g/mol. The average Bonchev–Trinajstić information content (AvgIpc) is 2.65. The number of hydrogen-bond acceptors (Lipinski definition) is 1. The molecular weight excluding hydrogens is 231 g/mol. The van der Waals surface area contributed by atoms with E-state index in [1.165, 1.54) is 16.7 Å². The van der Waals surface area contributed by atoms with Gasteiger partial charge in [0.1, 0.15) is 5.82 Å². The van der Waals surface area contributed by atoms with Crippen molar-refractivity contribution in [1.82, 2.24) is 9.55 Å². The lowest BCUT2D eigenvalue weighted by Gasteiger charge is -2.03. The number of hydrogen-bond donors (Lipinski definition) is 1. The zero-order valence-corrected chi connectivity index (χ0v) is 9.77. The summed E-state index contributed by atoms with van der Waals surface area (Å²) in [6.07, 6.45) is 0. The fourth-order valence-electron chi connectivity index (χ4n) is 2.03. The van der Waals surface area contributed by atoms with Crippen LogP contribution < -0.4 is 5.69 Å². The first-order valence-corrected chi connectivity index (χ1v) is 5.62. The highest BCUT2D eigenvalue weighted by Crippen LogP contribution is 2.16. The van der Waals surface area contributed by atoms with Gasteiger partial charge in [-0.1, -0.05) is 17.7 Å². The summed E-state index contributed by atoms with van der Waals surface area (Å²) in [4.78, 5) is 14.6. The number of benzene rings is 2. The maximum absolute atomic E-state index is 13.1. The summed E-state index contributed by atoms with van der Waals surface area (Å²) in [6, 6.07) is 11.9. The molecule has 1 N–H and O–H groups in total. The maximum Gasteiger partial charge on any atom is 0.331 e. The molecule has 0 atom stereocenters. The van der Waals surface area contributed by atoms with Gasteiger partial charge in [0.2, 0.25) is 0 Å². The third-order valence-electron chi connectivity index (χ3n) is 2.94. The van der Waals surface area contributed by atoms with Crippen molar-refractivity contribution in [3.8, 4) is 5.69 Å². The number of aryl methyl sites for hydroxylation is 1. The Balaban J connectivity index is 2.32. The number of aromatic nitrogens is 2. The summed E-state index contributed by atoms with van der Waals surface area (Å²) in [6.45, 7) is 1.98. The highest BCUT2D eigenvalue weighted by molar-refractivity contribution is 5.77. The molecule has 4 heteroatoms. The van der Waals surface area contributed by atoms with E-state index in [0.717, 1.165) is 11.3 Å². The van der Waals surface area contributed by atoms with Crippen molar-refractivity contribution >= 4 is 11.0 Å². The molecule has 3 nitrogen and oxygen atoms in total. The summed E-state index contributed by atoms with van der Waals surface area (Å²) in [7, 11) is 0. The lowest BCUT2D eigenvalue weighted by Crippen LogP contribution is -2.14. The summed E-state index contributed by atoms with van der Waals surface area (Å²) in [5.41, 5.74) is 2.80. The number of rotatable bonds is 1. The van der Waals surface area contributed by atoms with E-state index in [9.17, 15) is 9.18 Å². The fourth-order valence-corrected chi connectivity index (χ4v) is 2.03. The number of imidazole rings is 1. The Morgan fingerprint density at radius 3 is 2.56 bits per heavy atom. The van der Waals surface area contributed by atoms with Crippen LogP contribution in [0.4, 0.5) is 4.39 Å². The second-order valence-corrected chi connectivity index (χ2v) is 4.26. The summed E-state index contributed by atoms with van der Waals surface area (Å²) >= 11 is 0. The SMILES string of the molecule is Cc1ccc(-n2c(=O)[nH]c3cc(F)ccc32)cc1. The molecule has 1 heterocycles. The molecule has 0 unspecified atom stereocenters. The first kappa shape index (κ1) is 10.8. The zero-order valence-electron chi connectivity index (χ0n) is 9.77. The molecule has 0 aliphatic carbocycles. The van der Waals surface area contributed by atoms with Crippen LogP contribution in [0.1, 0.15) is 5.56 Å². The smallest absolute Gasteiger partial charge is 0.305 e. The topological polar surface area (TPSA) is 37.8 Å². The van der Waals surface area contributed by atoms with Gasteiger partial charge >= 0.3 is 5.69 Å². The predicted octanol–water partition coefficient (Wildman–Crippen LogP) is 2.77. The van der Waals surface area contributed by atoms with Crippen LogP contribution in [0.3, 0.4) is 0 Å². The van der Waals surface area contributed by atoms with Crippen LogP contribution in [0, 0.1) is 12.7 Å². The van der Waals surface area contributed by atoms with Crippen LogP contribution >= 0.6 is 0 Å². The molecule has 0 saturated carbocycles. The highest BCUT2D eigenvalue weighted by atomic mass is 19.1. The second kappa shape index (κ2) is 3.84. The van der Waals surface area contributed by atoms with Crippen molar-refractivity contribution in [2.75, 3.05) is 0 Å². The lowest BCUT2D eigenvalue weighted by atomic mass is 10.2. The molecule has 1 aromatic heterocycles. The summed E-state index contributed by atoms with van der Waals surface area (Å²) < 4.78 is 14.6. The van der Waals surface area contributed by atoms with Gasteiger partial charge in [0.25, 0.3) is 0 Å². The number of nitrogens with one attached hydrogen (secondary N) is 1. The largest absolute Gasteiger partial charge is 0.331 e. The van der Waals surface area contributed by atoms with Gasteiger partial charge in [-0.15, -0.1) is 0 Å². The van der Waals surface area contributed by atoms with E-state index in [4.69, 9.17) is 0 Å². The van der Waals surface area contributed by atoms with Crippen molar-refractivity contribution in [3.05, 3.63) is 64.3 Å². The van der Waals surface area contributed by atoms with Crippen LogP contribution in [0.15, 0.2) is 47.3 Å². The minimum atomic E-state index is -0.361. The van der Waals surface area contributed by atoms with E-state index in [1.807, 2.05) is 31.2 Å². The van der Waals surface area contributed by atoms with Gasteiger partial charge in [-0.2, -0.15) is 0 Å². The summed E-state index contributed by atoms with van der Waals surface area (Å²) in [5, 5.41) is 0. The molecule has 3 rings (SSSR count). The Kier molecular flexibility index (Phi) is 2.30. The van der Waals surface area contributed by atoms with Gasteiger partial charge in [-0.25, -0.2) is 9.18 Å². The number of H-pyrrole nitrogens is 1. The van der Waals surface area contributed by atoms with Crippen molar-refractivity contribution < 1.29 is 4.39 Å². The lowest BCUT2D eigenvalue weighted by molar-refractivity contribution is 0.629. The summed E-state index contributed by atoms with van der Waals surface area (Å²) in [5.74, 6) is -0.361. The number of fused-ring (bicyclic) bond motifs is 1. The standard InChI is InChI=1S/C14H11FN2O/c1-9-2-5-11(6-3-9)17-13-7-4-10(15)8-12(13)16-14(17)18/h2-8H,1H3,(H,16,18). The van der Waals surface area contributed by atoms with Gasteiger partial charge in [0.15, 0.2) is 0 Å². The Morgan fingerprint density at radius 2 is 1.83 bits per heavy atom. The third kappa shape index (κ3) is 1.62. The predicted molar refractivity (Wildman–Crippen MR) is 68.6 cm³/mol. The molecule has 3 aromatic rings. The minimum Gasteiger partial charge on any atom is -0.305 e. The van der Waals surface area contributed by atoms with E-state index in [-0.39, 0.29) is 11.5 Å². The number of aromatic amines is 1. The van der Waals surface area contributed by atoms with Gasteiger partial charge in [-0.05, 0) is 37.3 Å². The maximum atomic E-state index is 13.1. The molecule has 18 heavy (non-hydrogen) atoms. The molecule has 0 aliphatic rings. The first-order chi connectivity index (χ1) is 8.65. The first-order valence-electron chi connectivity index (χ1n) is 5.62. The highest BCUT2D eigenvalue weighted by Gasteiger charge is 2.08. The molecule has 2 aromatic carbocycles. The zero-order chi connectivity index (χ0) is 12.7. The van der Waals surface area contributed by atoms with E-state index in [2.05, 4.69) is 4.98 Å². The third-order valence-corrected chi connectivity index (χ3v) is 2.94. The molecule has 0 fully saturated rings. The second-order valence-electron chi connectivity index (χ2n) is 4.26. The molecule has 0 radical (unpaired) electrons. The fraction of sp³-hybridized carbons (Fsp3) is 0.0714. The Hall–Kier alpha value is -2.36. The number of halogens is 1. The monoisotopic (exact) mass is 242 g/mol. The van der Waals surface area contributed by atoms with Crippen molar-refractivity contribution in [3.63, 3.8) is 0 Å². The van der Waals surface area contributed by atoms with Crippen LogP contribution in [-0.4, -0.2) is 9.55 Å². The normalized spacial score (nSPS) is 11.0. The minimum absolute atomic E-state index is 0.264. The molecule has 0 aliphatic heterocycles. The van der Waals surface area contributed by atoms with Crippen LogP contribution in [0.5, 0.6) is 0 Å². The molecule has 0 bridgehead atoms. The molecule has 0 saturated heterocycles. The van der Waals surface area contributed by atoms with Crippen molar-refractivity contribution in [2.45, 2.75) is 6.92 Å². The Bertz CT molecular complexity index is 769. The van der Waals surface area contributed by atoms with Crippen LogP contribution in [-0.2, 0) is 0 Å². The van der Waals surface area contributed by atoms with Gasteiger partial charge in [0, 0.05) is 0 Å². The quantitative estimate of drug-likeness (QED) is 0.700.